The summed E-state index contributed by atoms with van der Waals surface area (Å²) in [6.07, 6.45) is 4.52. The second kappa shape index (κ2) is 5.81. The van der Waals surface area contributed by atoms with Crippen LogP contribution in [0.3, 0.4) is 0 Å². The number of halogens is 2. The van der Waals surface area contributed by atoms with E-state index in [4.69, 9.17) is 23.2 Å². The molecule has 0 fully saturated rings. The van der Waals surface area contributed by atoms with Gasteiger partial charge in [-0.25, -0.2) is 4.98 Å². The number of alkyl halides is 1. The highest BCUT2D eigenvalue weighted by Gasteiger charge is 2.11. The molecule has 0 saturated carbocycles. The molecule has 20 heavy (non-hydrogen) atoms. The molecule has 0 aliphatic heterocycles. The van der Waals surface area contributed by atoms with Crippen molar-refractivity contribution in [3.05, 3.63) is 59.1 Å². The van der Waals surface area contributed by atoms with Gasteiger partial charge >= 0.3 is 0 Å². The van der Waals surface area contributed by atoms with Gasteiger partial charge in [-0.2, -0.15) is 0 Å². The van der Waals surface area contributed by atoms with Crippen LogP contribution in [0.25, 0.3) is 11.0 Å². The van der Waals surface area contributed by atoms with Gasteiger partial charge in [-0.05, 0) is 36.2 Å². The van der Waals surface area contributed by atoms with Crippen molar-refractivity contribution in [2.24, 2.45) is 0 Å². The van der Waals surface area contributed by atoms with E-state index in [0.717, 1.165) is 29.8 Å². The molecule has 102 valence electrons. The molecule has 0 unspecified atom stereocenters. The Morgan fingerprint density at radius 3 is 2.65 bits per heavy atom. The monoisotopic (exact) mass is 305 g/mol. The summed E-state index contributed by atoms with van der Waals surface area (Å²) in [6, 6.07) is 9.85. The first kappa shape index (κ1) is 13.4. The summed E-state index contributed by atoms with van der Waals surface area (Å²) in [7, 11) is 0. The Labute approximate surface area is 127 Å². The number of para-hydroxylation sites is 1. The normalized spacial score (nSPS) is 11.1. The van der Waals surface area contributed by atoms with Gasteiger partial charge in [0.2, 0.25) is 0 Å². The summed E-state index contributed by atoms with van der Waals surface area (Å²) in [4.78, 5) is 8.56. The van der Waals surface area contributed by atoms with Gasteiger partial charge in [0.1, 0.15) is 11.3 Å². The Morgan fingerprint density at radius 1 is 1.10 bits per heavy atom. The van der Waals surface area contributed by atoms with Crippen LogP contribution >= 0.6 is 23.2 Å². The number of rotatable bonds is 4. The van der Waals surface area contributed by atoms with Crippen LogP contribution in [0, 0.1) is 0 Å². The van der Waals surface area contributed by atoms with Crippen molar-refractivity contribution in [2.75, 3.05) is 0 Å². The number of nitrogens with zero attached hydrogens (tertiary/aromatic N) is 3. The van der Waals surface area contributed by atoms with Crippen molar-refractivity contribution >= 4 is 34.2 Å². The van der Waals surface area contributed by atoms with Crippen LogP contribution in [0.1, 0.15) is 11.4 Å². The van der Waals surface area contributed by atoms with Crippen LogP contribution in [-0.2, 0) is 18.8 Å². The van der Waals surface area contributed by atoms with Crippen LogP contribution in [0.2, 0.25) is 5.02 Å². The summed E-state index contributed by atoms with van der Waals surface area (Å²) < 4.78 is 2.13. The zero-order chi connectivity index (χ0) is 13.9. The summed E-state index contributed by atoms with van der Waals surface area (Å²) in [6.45, 7) is 0.822. The van der Waals surface area contributed by atoms with Crippen LogP contribution in [0.5, 0.6) is 0 Å². The van der Waals surface area contributed by atoms with Gasteiger partial charge in [0.15, 0.2) is 0 Å². The number of aryl methyl sites for hydroxylation is 2. The highest BCUT2D eigenvalue weighted by molar-refractivity contribution is 6.35. The maximum absolute atomic E-state index is 6.19. The molecule has 0 spiro atoms. The first-order valence-corrected chi connectivity index (χ1v) is 7.29. The lowest BCUT2D eigenvalue weighted by Crippen LogP contribution is -2.05. The predicted octanol–water partition coefficient (Wildman–Crippen LogP) is 4.07. The SMILES string of the molecule is ClCc1nc2c(Cl)cccc2n1CCc1ccncc1. The average molecular weight is 306 g/mol. The van der Waals surface area contributed by atoms with E-state index in [2.05, 4.69) is 14.5 Å². The number of benzene rings is 1. The molecule has 0 radical (unpaired) electrons. The van der Waals surface area contributed by atoms with E-state index in [9.17, 15) is 0 Å². The largest absolute Gasteiger partial charge is 0.327 e. The smallest absolute Gasteiger partial charge is 0.124 e. The molecule has 3 aromatic rings. The fourth-order valence-electron chi connectivity index (χ4n) is 2.30. The molecule has 2 aromatic heterocycles. The lowest BCUT2D eigenvalue weighted by atomic mass is 10.2. The lowest BCUT2D eigenvalue weighted by Gasteiger charge is -2.07. The summed E-state index contributed by atoms with van der Waals surface area (Å²) in [5, 5.41) is 0.663. The summed E-state index contributed by atoms with van der Waals surface area (Å²) in [5.74, 6) is 1.23. The first-order chi connectivity index (χ1) is 9.79. The van der Waals surface area contributed by atoms with Crippen molar-refractivity contribution < 1.29 is 0 Å². The fourth-order valence-corrected chi connectivity index (χ4v) is 2.72. The quantitative estimate of drug-likeness (QED) is 0.680. The van der Waals surface area contributed by atoms with E-state index in [1.54, 1.807) is 12.4 Å². The molecule has 5 heteroatoms. The molecule has 0 amide bonds. The minimum Gasteiger partial charge on any atom is -0.327 e. The number of pyridine rings is 1. The van der Waals surface area contributed by atoms with E-state index in [0.29, 0.717) is 10.9 Å². The van der Waals surface area contributed by atoms with Crippen molar-refractivity contribution in [1.29, 1.82) is 0 Å². The summed E-state index contributed by atoms with van der Waals surface area (Å²) >= 11 is 12.2. The number of hydrogen-bond acceptors (Lipinski definition) is 2. The molecule has 0 N–H and O–H groups in total. The minimum atomic E-state index is 0.376. The standard InChI is InChI=1S/C15H13Cl2N3/c16-10-14-19-15-12(17)2-1-3-13(15)20(14)9-6-11-4-7-18-8-5-11/h1-5,7-8H,6,9-10H2. The molecule has 0 atom stereocenters. The molecule has 0 saturated heterocycles. The Morgan fingerprint density at radius 2 is 1.90 bits per heavy atom. The van der Waals surface area contributed by atoms with E-state index in [1.807, 2.05) is 30.3 Å². The topological polar surface area (TPSA) is 30.7 Å². The predicted molar refractivity (Wildman–Crippen MR) is 82.2 cm³/mol. The number of fused-ring (bicyclic) bond motifs is 1. The third kappa shape index (κ3) is 2.51. The van der Waals surface area contributed by atoms with E-state index < -0.39 is 0 Å². The summed E-state index contributed by atoms with van der Waals surface area (Å²) in [5.41, 5.74) is 3.09. The molecule has 0 bridgehead atoms. The van der Waals surface area contributed by atoms with Gasteiger partial charge < -0.3 is 4.57 Å². The third-order valence-corrected chi connectivity index (χ3v) is 3.85. The molecule has 0 aliphatic carbocycles. The van der Waals surface area contributed by atoms with Gasteiger partial charge in [-0.3, -0.25) is 4.98 Å². The van der Waals surface area contributed by atoms with Crippen LogP contribution in [0.15, 0.2) is 42.7 Å². The Hall–Kier alpha value is -1.58. The number of imidazole rings is 1. The van der Waals surface area contributed by atoms with E-state index >= 15 is 0 Å². The molecule has 3 rings (SSSR count). The number of hydrogen-bond donors (Lipinski definition) is 0. The zero-order valence-electron chi connectivity index (χ0n) is 10.8. The lowest BCUT2D eigenvalue weighted by molar-refractivity contribution is 0.687. The van der Waals surface area contributed by atoms with Crippen molar-refractivity contribution in [1.82, 2.24) is 14.5 Å². The van der Waals surface area contributed by atoms with Crippen molar-refractivity contribution in [2.45, 2.75) is 18.8 Å². The Balaban J connectivity index is 1.96. The van der Waals surface area contributed by atoms with Crippen molar-refractivity contribution in [3.63, 3.8) is 0 Å². The molecule has 1 aromatic carbocycles. The maximum atomic E-state index is 6.19. The second-order valence-electron chi connectivity index (χ2n) is 4.53. The number of aromatic nitrogens is 3. The van der Waals surface area contributed by atoms with Gasteiger partial charge in [0.25, 0.3) is 0 Å². The third-order valence-electron chi connectivity index (χ3n) is 3.30. The molecule has 0 aliphatic rings. The van der Waals surface area contributed by atoms with E-state index in [1.165, 1.54) is 5.56 Å². The van der Waals surface area contributed by atoms with Crippen LogP contribution < -0.4 is 0 Å². The zero-order valence-corrected chi connectivity index (χ0v) is 12.3. The van der Waals surface area contributed by atoms with Gasteiger partial charge in [-0.1, -0.05) is 17.7 Å². The highest BCUT2D eigenvalue weighted by Crippen LogP contribution is 2.25. The second-order valence-corrected chi connectivity index (χ2v) is 5.20. The van der Waals surface area contributed by atoms with Gasteiger partial charge in [0.05, 0.1) is 16.4 Å². The van der Waals surface area contributed by atoms with Gasteiger partial charge in [0, 0.05) is 18.9 Å². The molecule has 2 heterocycles. The minimum absolute atomic E-state index is 0.376. The Bertz CT molecular complexity index is 723. The molecular formula is C15H13Cl2N3. The van der Waals surface area contributed by atoms with Gasteiger partial charge in [-0.15, -0.1) is 11.6 Å². The molecule has 3 nitrogen and oxygen atoms in total. The average Bonchev–Trinajstić information content (AvgIpc) is 2.85. The van der Waals surface area contributed by atoms with Crippen LogP contribution in [-0.4, -0.2) is 14.5 Å². The fraction of sp³-hybridized carbons (Fsp3) is 0.200. The molecular weight excluding hydrogens is 293 g/mol. The maximum Gasteiger partial charge on any atom is 0.124 e. The van der Waals surface area contributed by atoms with Crippen LogP contribution in [0.4, 0.5) is 0 Å². The first-order valence-electron chi connectivity index (χ1n) is 6.38. The van der Waals surface area contributed by atoms with E-state index in [-0.39, 0.29) is 0 Å². The Kier molecular flexibility index (Phi) is 3.90. The van der Waals surface area contributed by atoms with Crippen molar-refractivity contribution in [3.8, 4) is 0 Å². The highest BCUT2D eigenvalue weighted by atomic mass is 35.5.